The van der Waals surface area contributed by atoms with E-state index in [2.05, 4.69) is 39.6 Å². The van der Waals surface area contributed by atoms with Crippen molar-refractivity contribution in [3.8, 4) is 22.4 Å². The first-order valence-corrected chi connectivity index (χ1v) is 11.4. The first-order valence-electron chi connectivity index (χ1n) is 10.4. The lowest BCUT2D eigenvalue weighted by atomic mass is 10.0. The number of hydrogen-bond donors (Lipinski definition) is 0. The zero-order chi connectivity index (χ0) is 23.5. The molecule has 5 rings (SSSR count). The highest BCUT2D eigenvalue weighted by molar-refractivity contribution is 7.99. The minimum atomic E-state index is -0.496. The topological polar surface area (TPSA) is 103 Å². The summed E-state index contributed by atoms with van der Waals surface area (Å²) in [5.41, 5.74) is 4.90. The summed E-state index contributed by atoms with van der Waals surface area (Å²) < 4.78 is 1.62. The summed E-state index contributed by atoms with van der Waals surface area (Å²) in [6.07, 6.45) is 0. The third-order valence-electron chi connectivity index (χ3n) is 5.25. The van der Waals surface area contributed by atoms with Gasteiger partial charge in [0.15, 0.2) is 11.4 Å². The highest BCUT2D eigenvalue weighted by Crippen LogP contribution is 2.25. The Morgan fingerprint density at radius 3 is 2.21 bits per heavy atom. The summed E-state index contributed by atoms with van der Waals surface area (Å²) in [5, 5.41) is 24.2. The van der Waals surface area contributed by atoms with Gasteiger partial charge in [0.2, 0.25) is 5.16 Å². The van der Waals surface area contributed by atoms with E-state index in [1.807, 2.05) is 42.5 Å². The van der Waals surface area contributed by atoms with E-state index >= 15 is 0 Å². The number of Topliss-reactive ketones (excluding diaryl/α,β-unsaturated/α-hetero) is 1. The number of nitro groups is 1. The van der Waals surface area contributed by atoms with Crippen LogP contribution in [0.3, 0.4) is 0 Å². The molecule has 0 N–H and O–H groups in total. The maximum absolute atomic E-state index is 12.5. The number of benzene rings is 3. The van der Waals surface area contributed by atoms with Crippen molar-refractivity contribution in [3.05, 3.63) is 107 Å². The van der Waals surface area contributed by atoms with Gasteiger partial charge in [-0.3, -0.25) is 14.9 Å². The Morgan fingerprint density at radius 1 is 0.824 bits per heavy atom. The maximum Gasteiger partial charge on any atom is 0.269 e. The van der Waals surface area contributed by atoms with Crippen molar-refractivity contribution in [2.75, 3.05) is 5.75 Å². The number of carbonyl (C=O) groups excluding carboxylic acids is 1. The van der Waals surface area contributed by atoms with E-state index in [0.717, 1.165) is 22.4 Å². The molecular formula is C25H17N5O3S. The lowest BCUT2D eigenvalue weighted by Gasteiger charge is -2.05. The van der Waals surface area contributed by atoms with Crippen LogP contribution >= 0.6 is 11.8 Å². The van der Waals surface area contributed by atoms with E-state index in [9.17, 15) is 14.9 Å². The number of nitro benzene ring substituents is 1. The SMILES string of the molecule is O=C(CSc1nnc2ccc(-c3ccc(-c4ccccc4)cc3)nn12)c1ccc([N+](=O)[O-])cc1. The number of carbonyl (C=O) groups is 1. The monoisotopic (exact) mass is 467 g/mol. The molecule has 3 aromatic carbocycles. The molecule has 0 bridgehead atoms. The van der Waals surface area contributed by atoms with E-state index < -0.39 is 4.92 Å². The van der Waals surface area contributed by atoms with E-state index in [1.54, 1.807) is 4.52 Å². The van der Waals surface area contributed by atoms with Crippen LogP contribution in [-0.4, -0.2) is 36.3 Å². The molecule has 8 nitrogen and oxygen atoms in total. The Hall–Kier alpha value is -4.37. The molecule has 166 valence electrons. The molecule has 0 aliphatic rings. The fraction of sp³-hybridized carbons (Fsp3) is 0.0400. The molecule has 0 saturated heterocycles. The molecule has 9 heteroatoms. The largest absolute Gasteiger partial charge is 0.293 e. The van der Waals surface area contributed by atoms with E-state index in [4.69, 9.17) is 0 Å². The first kappa shape index (κ1) is 21.5. The minimum absolute atomic E-state index is 0.0545. The Balaban J connectivity index is 1.34. The summed E-state index contributed by atoms with van der Waals surface area (Å²) in [5.74, 6) is -0.0553. The Labute approximate surface area is 198 Å². The maximum atomic E-state index is 12.5. The van der Waals surface area contributed by atoms with Crippen molar-refractivity contribution in [2.45, 2.75) is 5.16 Å². The van der Waals surface area contributed by atoms with E-state index in [0.29, 0.717) is 16.4 Å². The number of ketones is 1. The average Bonchev–Trinajstić information content (AvgIpc) is 3.30. The molecule has 0 radical (unpaired) electrons. The van der Waals surface area contributed by atoms with Gasteiger partial charge in [-0.25, -0.2) is 0 Å². The lowest BCUT2D eigenvalue weighted by Crippen LogP contribution is -2.04. The number of nitrogens with zero attached hydrogens (tertiary/aromatic N) is 5. The van der Waals surface area contributed by atoms with Crippen LogP contribution in [-0.2, 0) is 0 Å². The predicted octanol–water partition coefficient (Wildman–Crippen LogP) is 5.34. The van der Waals surface area contributed by atoms with Gasteiger partial charge < -0.3 is 0 Å². The third kappa shape index (κ3) is 4.41. The van der Waals surface area contributed by atoms with Gasteiger partial charge in [-0.15, -0.1) is 10.2 Å². The number of thioether (sulfide) groups is 1. The molecule has 0 aliphatic heterocycles. The third-order valence-corrected chi connectivity index (χ3v) is 6.17. The summed E-state index contributed by atoms with van der Waals surface area (Å²) in [6, 6.07) is 27.6. The molecule has 0 aliphatic carbocycles. The Morgan fingerprint density at radius 2 is 1.50 bits per heavy atom. The quantitative estimate of drug-likeness (QED) is 0.138. The van der Waals surface area contributed by atoms with Crippen LogP contribution in [0.4, 0.5) is 5.69 Å². The minimum Gasteiger partial charge on any atom is -0.293 e. The van der Waals surface area contributed by atoms with Crippen molar-refractivity contribution >= 4 is 28.9 Å². The number of hydrogen-bond acceptors (Lipinski definition) is 7. The van der Waals surface area contributed by atoms with Gasteiger partial charge in [-0.1, -0.05) is 66.4 Å². The van der Waals surface area contributed by atoms with Crippen LogP contribution in [0.1, 0.15) is 10.4 Å². The lowest BCUT2D eigenvalue weighted by molar-refractivity contribution is -0.384. The van der Waals surface area contributed by atoms with Crippen LogP contribution in [0.5, 0.6) is 0 Å². The smallest absolute Gasteiger partial charge is 0.269 e. The molecule has 2 heterocycles. The highest BCUT2D eigenvalue weighted by atomic mass is 32.2. The number of non-ortho nitro benzene ring substituents is 1. The zero-order valence-corrected chi connectivity index (χ0v) is 18.6. The van der Waals surface area contributed by atoms with Gasteiger partial charge in [0.1, 0.15) is 0 Å². The van der Waals surface area contributed by atoms with Gasteiger partial charge in [-0.2, -0.15) is 9.61 Å². The summed E-state index contributed by atoms with van der Waals surface area (Å²) >= 11 is 1.22. The molecule has 2 aromatic heterocycles. The molecule has 0 saturated carbocycles. The standard InChI is InChI=1S/C25H17N5O3S/c31-23(20-10-12-21(13-11-20)30(32)33)16-34-25-27-26-24-15-14-22(28-29(24)25)19-8-6-18(7-9-19)17-4-2-1-3-5-17/h1-15H,16H2. The van der Waals surface area contributed by atoms with Gasteiger partial charge in [0.05, 0.1) is 16.4 Å². The van der Waals surface area contributed by atoms with Crippen LogP contribution < -0.4 is 0 Å². The van der Waals surface area contributed by atoms with E-state index in [1.165, 1.54) is 36.0 Å². The van der Waals surface area contributed by atoms with Gasteiger partial charge >= 0.3 is 0 Å². The second-order valence-electron chi connectivity index (χ2n) is 7.43. The van der Waals surface area contributed by atoms with Crippen LogP contribution in [0, 0.1) is 10.1 Å². The second kappa shape index (κ2) is 9.24. The van der Waals surface area contributed by atoms with Gasteiger partial charge in [0.25, 0.3) is 5.69 Å². The molecule has 0 spiro atoms. The van der Waals surface area contributed by atoms with Crippen LogP contribution in [0.25, 0.3) is 28.0 Å². The molecule has 0 atom stereocenters. The number of rotatable bonds is 7. The predicted molar refractivity (Wildman–Crippen MR) is 130 cm³/mol. The van der Waals surface area contributed by atoms with Crippen LogP contribution in [0.2, 0.25) is 0 Å². The van der Waals surface area contributed by atoms with Crippen LogP contribution in [0.15, 0.2) is 96.2 Å². The molecule has 0 amide bonds. The first-order chi connectivity index (χ1) is 16.6. The number of aromatic nitrogens is 4. The van der Waals surface area contributed by atoms with Crippen molar-refractivity contribution in [2.24, 2.45) is 0 Å². The second-order valence-corrected chi connectivity index (χ2v) is 8.37. The normalized spacial score (nSPS) is 10.9. The molecule has 34 heavy (non-hydrogen) atoms. The molecule has 5 aromatic rings. The molecule has 0 fully saturated rings. The fourth-order valence-electron chi connectivity index (χ4n) is 3.46. The summed E-state index contributed by atoms with van der Waals surface area (Å²) in [6.45, 7) is 0. The summed E-state index contributed by atoms with van der Waals surface area (Å²) in [4.78, 5) is 22.8. The van der Waals surface area contributed by atoms with Crippen molar-refractivity contribution < 1.29 is 9.72 Å². The Bertz CT molecular complexity index is 1480. The van der Waals surface area contributed by atoms with Crippen molar-refractivity contribution in [1.82, 2.24) is 19.8 Å². The molecular weight excluding hydrogens is 450 g/mol. The fourth-order valence-corrected chi connectivity index (χ4v) is 4.24. The zero-order valence-electron chi connectivity index (χ0n) is 17.7. The molecule has 0 unspecified atom stereocenters. The highest BCUT2D eigenvalue weighted by Gasteiger charge is 2.14. The average molecular weight is 468 g/mol. The summed E-state index contributed by atoms with van der Waals surface area (Å²) in [7, 11) is 0. The van der Waals surface area contributed by atoms with Gasteiger partial charge in [0, 0.05) is 23.3 Å². The number of fused-ring (bicyclic) bond motifs is 1. The van der Waals surface area contributed by atoms with Gasteiger partial charge in [-0.05, 0) is 35.4 Å². The Kier molecular flexibility index (Phi) is 5.84. The van der Waals surface area contributed by atoms with E-state index in [-0.39, 0.29) is 17.2 Å². The van der Waals surface area contributed by atoms with Crippen molar-refractivity contribution in [3.63, 3.8) is 0 Å². The van der Waals surface area contributed by atoms with Crippen molar-refractivity contribution in [1.29, 1.82) is 0 Å².